The van der Waals surface area contributed by atoms with E-state index in [1.165, 1.54) is 6.20 Å². The van der Waals surface area contributed by atoms with Gasteiger partial charge in [-0.1, -0.05) is 12.1 Å². The van der Waals surface area contributed by atoms with Crippen LogP contribution in [0.4, 0.5) is 5.69 Å². The quantitative estimate of drug-likeness (QED) is 0.679. The highest BCUT2D eigenvalue weighted by atomic mass is 35.5. The van der Waals surface area contributed by atoms with Gasteiger partial charge in [-0.25, -0.2) is 0 Å². The third kappa shape index (κ3) is 6.17. The van der Waals surface area contributed by atoms with E-state index in [0.717, 1.165) is 5.56 Å². The van der Waals surface area contributed by atoms with Crippen LogP contribution in [0.15, 0.2) is 48.8 Å². The molecule has 0 unspecified atom stereocenters. The molecule has 0 radical (unpaired) electrons. The van der Waals surface area contributed by atoms with Crippen LogP contribution in [0.25, 0.3) is 0 Å². The molecule has 28 heavy (non-hydrogen) atoms. The van der Waals surface area contributed by atoms with Gasteiger partial charge in [0, 0.05) is 37.8 Å². The summed E-state index contributed by atoms with van der Waals surface area (Å²) in [7, 11) is 0. The molecule has 1 aromatic heterocycles. The minimum Gasteiger partial charge on any atom is -0.381 e. The molecule has 4 N–H and O–H groups in total. The van der Waals surface area contributed by atoms with E-state index in [9.17, 15) is 9.59 Å². The fourth-order valence-electron chi connectivity index (χ4n) is 2.73. The average Bonchev–Trinajstić information content (AvgIpc) is 2.68. The summed E-state index contributed by atoms with van der Waals surface area (Å²) in [4.78, 5) is 28.3. The maximum absolute atomic E-state index is 12.3. The summed E-state index contributed by atoms with van der Waals surface area (Å²) < 4.78 is 5.26. The largest absolute Gasteiger partial charge is 0.381 e. The molecule has 1 aromatic carbocycles. The van der Waals surface area contributed by atoms with Crippen molar-refractivity contribution in [2.75, 3.05) is 18.5 Å². The van der Waals surface area contributed by atoms with Crippen LogP contribution in [0.2, 0.25) is 0 Å². The van der Waals surface area contributed by atoms with Crippen molar-refractivity contribution in [2.45, 2.75) is 24.9 Å². The van der Waals surface area contributed by atoms with E-state index in [0.29, 0.717) is 43.9 Å². The van der Waals surface area contributed by atoms with Gasteiger partial charge >= 0.3 is 0 Å². The second-order valence-electron chi connectivity index (χ2n) is 6.34. The van der Waals surface area contributed by atoms with Crippen molar-refractivity contribution >= 4 is 42.3 Å². The number of amides is 2. The molecular weight excluding hydrogens is 403 g/mol. The Labute approximate surface area is 176 Å². The molecule has 7 nitrogen and oxygen atoms in total. The van der Waals surface area contributed by atoms with Crippen LogP contribution in [-0.4, -0.2) is 35.6 Å². The number of anilines is 1. The fraction of sp³-hybridized carbons (Fsp3) is 0.316. The monoisotopic (exact) mass is 426 g/mol. The lowest BCUT2D eigenvalue weighted by Crippen LogP contribution is -2.56. The van der Waals surface area contributed by atoms with Gasteiger partial charge in [0.2, 0.25) is 5.91 Å². The molecule has 2 aromatic rings. The number of aromatic nitrogens is 1. The van der Waals surface area contributed by atoms with Gasteiger partial charge in [0.15, 0.2) is 0 Å². The minimum absolute atomic E-state index is 0. The minimum atomic E-state index is -0.851. The Morgan fingerprint density at radius 3 is 2.39 bits per heavy atom. The molecule has 2 amide bonds. The van der Waals surface area contributed by atoms with E-state index < -0.39 is 5.54 Å². The molecule has 1 saturated heterocycles. The summed E-state index contributed by atoms with van der Waals surface area (Å²) in [5.41, 5.74) is 7.40. The zero-order valence-corrected chi connectivity index (χ0v) is 16.9. The Hall–Kier alpha value is -2.19. The summed E-state index contributed by atoms with van der Waals surface area (Å²) in [6.07, 6.45) is 4.18. The zero-order valence-electron chi connectivity index (χ0n) is 15.2. The highest BCUT2D eigenvalue weighted by Gasteiger charge is 2.35. The van der Waals surface area contributed by atoms with Gasteiger partial charge in [0.1, 0.15) is 0 Å². The normalized spacial score (nSPS) is 14.8. The van der Waals surface area contributed by atoms with Crippen LogP contribution in [0.1, 0.15) is 28.8 Å². The summed E-state index contributed by atoms with van der Waals surface area (Å²) >= 11 is 0. The van der Waals surface area contributed by atoms with Crippen molar-refractivity contribution in [3.63, 3.8) is 0 Å². The van der Waals surface area contributed by atoms with E-state index in [4.69, 9.17) is 10.5 Å². The van der Waals surface area contributed by atoms with Gasteiger partial charge in [0.25, 0.3) is 5.91 Å². The molecule has 9 heteroatoms. The molecule has 0 spiro atoms. The summed E-state index contributed by atoms with van der Waals surface area (Å²) in [5, 5.41) is 5.69. The number of pyridine rings is 1. The Morgan fingerprint density at radius 1 is 1.11 bits per heavy atom. The fourth-order valence-corrected chi connectivity index (χ4v) is 2.73. The van der Waals surface area contributed by atoms with Gasteiger partial charge in [0.05, 0.1) is 11.1 Å². The number of hydrogen-bond acceptors (Lipinski definition) is 5. The Balaban J connectivity index is 0.00000196. The topological polar surface area (TPSA) is 106 Å². The number of nitrogens with one attached hydrogen (secondary N) is 2. The first kappa shape index (κ1) is 23.8. The van der Waals surface area contributed by atoms with Crippen LogP contribution < -0.4 is 16.4 Å². The molecule has 3 rings (SSSR count). The smallest absolute Gasteiger partial charge is 0.257 e. The van der Waals surface area contributed by atoms with Crippen molar-refractivity contribution in [2.24, 2.45) is 5.73 Å². The molecular formula is C19H24Cl2N4O3. The maximum Gasteiger partial charge on any atom is 0.257 e. The predicted molar refractivity (Wildman–Crippen MR) is 112 cm³/mol. The second-order valence-corrected chi connectivity index (χ2v) is 6.34. The van der Waals surface area contributed by atoms with E-state index in [-0.39, 0.29) is 36.6 Å². The van der Waals surface area contributed by atoms with Gasteiger partial charge in [-0.15, -0.1) is 24.8 Å². The first-order chi connectivity index (χ1) is 12.6. The Kier molecular flexibility index (Phi) is 9.34. The highest BCUT2D eigenvalue weighted by Crippen LogP contribution is 2.18. The zero-order chi connectivity index (χ0) is 18.4. The Bertz CT molecular complexity index is 767. The number of benzene rings is 1. The van der Waals surface area contributed by atoms with Crippen molar-refractivity contribution in [1.29, 1.82) is 0 Å². The van der Waals surface area contributed by atoms with Gasteiger partial charge in [-0.05, 0) is 42.7 Å². The van der Waals surface area contributed by atoms with Crippen LogP contribution in [0.5, 0.6) is 0 Å². The van der Waals surface area contributed by atoms with Crippen molar-refractivity contribution in [3.8, 4) is 0 Å². The molecule has 0 aliphatic carbocycles. The van der Waals surface area contributed by atoms with E-state index in [2.05, 4.69) is 15.6 Å². The molecule has 0 atom stereocenters. The highest BCUT2D eigenvalue weighted by molar-refractivity contribution is 6.04. The lowest BCUT2D eigenvalue weighted by atomic mass is 9.90. The molecule has 1 aliphatic heterocycles. The van der Waals surface area contributed by atoms with Gasteiger partial charge in [-0.2, -0.15) is 0 Å². The van der Waals surface area contributed by atoms with E-state index >= 15 is 0 Å². The average molecular weight is 427 g/mol. The number of hydrogen-bond donors (Lipinski definition) is 3. The van der Waals surface area contributed by atoms with Crippen molar-refractivity contribution in [3.05, 3.63) is 59.9 Å². The predicted octanol–water partition coefficient (Wildman–Crippen LogP) is 2.30. The number of nitrogens with zero attached hydrogens (tertiary/aromatic N) is 1. The number of carbonyl (C=O) groups is 2. The van der Waals surface area contributed by atoms with Gasteiger partial charge < -0.3 is 21.1 Å². The molecule has 1 fully saturated rings. The molecule has 152 valence electrons. The van der Waals surface area contributed by atoms with Crippen LogP contribution in [0, 0.1) is 0 Å². The number of ether oxygens (including phenoxy) is 1. The SMILES string of the molecule is Cl.Cl.NC1(C(=O)NCc2ccc(NC(=O)c3cccnc3)cc2)CCOCC1. The van der Waals surface area contributed by atoms with Crippen LogP contribution >= 0.6 is 24.8 Å². The number of rotatable bonds is 5. The number of carbonyl (C=O) groups excluding carboxylic acids is 2. The lowest BCUT2D eigenvalue weighted by molar-refractivity contribution is -0.129. The van der Waals surface area contributed by atoms with E-state index in [1.807, 2.05) is 12.1 Å². The Morgan fingerprint density at radius 2 is 1.79 bits per heavy atom. The number of nitrogens with two attached hydrogens (primary N) is 1. The summed E-state index contributed by atoms with van der Waals surface area (Å²) in [6, 6.07) is 10.7. The summed E-state index contributed by atoms with van der Waals surface area (Å²) in [5.74, 6) is -0.376. The first-order valence-corrected chi connectivity index (χ1v) is 8.52. The van der Waals surface area contributed by atoms with Crippen molar-refractivity contribution in [1.82, 2.24) is 10.3 Å². The number of halogens is 2. The third-order valence-corrected chi connectivity index (χ3v) is 4.43. The molecule has 1 aliphatic rings. The molecule has 0 saturated carbocycles. The molecule has 2 heterocycles. The second kappa shape index (κ2) is 11.0. The van der Waals surface area contributed by atoms with Crippen LogP contribution in [0.3, 0.4) is 0 Å². The van der Waals surface area contributed by atoms with Crippen LogP contribution in [-0.2, 0) is 16.1 Å². The standard InChI is InChI=1S/C19H22N4O3.2ClH/c20-19(7-10-26-11-8-19)18(25)22-12-14-3-5-16(6-4-14)23-17(24)15-2-1-9-21-13-15;;/h1-6,9,13H,7-8,10-12,20H2,(H,22,25)(H,23,24);2*1H. The van der Waals surface area contributed by atoms with Gasteiger partial charge in [-0.3, -0.25) is 14.6 Å². The summed E-state index contributed by atoms with van der Waals surface area (Å²) in [6.45, 7) is 1.40. The molecule has 0 bridgehead atoms. The first-order valence-electron chi connectivity index (χ1n) is 8.52. The van der Waals surface area contributed by atoms with E-state index in [1.54, 1.807) is 30.5 Å². The van der Waals surface area contributed by atoms with Crippen molar-refractivity contribution < 1.29 is 14.3 Å². The lowest BCUT2D eigenvalue weighted by Gasteiger charge is -2.31. The third-order valence-electron chi connectivity index (χ3n) is 4.43. The maximum atomic E-state index is 12.3.